The highest BCUT2D eigenvalue weighted by atomic mass is 79.9. The molecule has 0 amide bonds. The molecule has 0 spiro atoms. The second kappa shape index (κ2) is 7.20. The van der Waals surface area contributed by atoms with Crippen LogP contribution in [-0.4, -0.2) is 6.04 Å². The molecule has 0 unspecified atom stereocenters. The molecule has 2 aromatic rings. The average Bonchev–Trinajstić information content (AvgIpc) is 2.83. The number of thiophene rings is 1. The molecule has 0 atom stereocenters. The molecule has 0 bridgehead atoms. The van der Waals surface area contributed by atoms with E-state index in [-0.39, 0.29) is 5.82 Å². The van der Waals surface area contributed by atoms with Crippen LogP contribution in [0.25, 0.3) is 0 Å². The van der Waals surface area contributed by atoms with E-state index >= 15 is 0 Å². The quantitative estimate of drug-likeness (QED) is 0.806. The van der Waals surface area contributed by atoms with Crippen molar-refractivity contribution in [1.29, 1.82) is 0 Å². The van der Waals surface area contributed by atoms with E-state index < -0.39 is 0 Å². The maximum absolute atomic E-state index is 13.0. The predicted octanol–water partition coefficient (Wildman–Crippen LogP) is 4.73. The Morgan fingerprint density at radius 2 is 2.00 bits per heavy atom. The number of nitrogens with one attached hydrogen (secondary N) is 1. The minimum absolute atomic E-state index is 0.276. The fraction of sp³-hybridized carbons (Fsp3) is 0.333. The first-order chi connectivity index (χ1) is 9.54. The zero-order valence-electron chi connectivity index (χ0n) is 11.5. The molecule has 1 aromatic heterocycles. The lowest BCUT2D eigenvalue weighted by atomic mass is 10.3. The molecule has 0 aliphatic rings. The standard InChI is InChI=1S/C15H17BrFNOS/c1-10(2)18-8-12-4-5-13(20-12)9-19-15-6-3-11(17)7-14(15)16/h3-7,10,18H,8-9H2,1-2H3. The summed E-state index contributed by atoms with van der Waals surface area (Å²) in [6.45, 7) is 5.63. The van der Waals surface area contributed by atoms with Crippen LogP contribution in [0, 0.1) is 5.82 Å². The summed E-state index contributed by atoms with van der Waals surface area (Å²) < 4.78 is 19.3. The van der Waals surface area contributed by atoms with Crippen LogP contribution in [0.3, 0.4) is 0 Å². The van der Waals surface area contributed by atoms with Crippen LogP contribution in [0.15, 0.2) is 34.8 Å². The monoisotopic (exact) mass is 357 g/mol. The van der Waals surface area contributed by atoms with Gasteiger partial charge in [-0.2, -0.15) is 0 Å². The summed E-state index contributed by atoms with van der Waals surface area (Å²) in [6.07, 6.45) is 0. The SMILES string of the molecule is CC(C)NCc1ccc(COc2ccc(F)cc2Br)s1. The van der Waals surface area contributed by atoms with Gasteiger partial charge in [-0.25, -0.2) is 4.39 Å². The average molecular weight is 358 g/mol. The highest BCUT2D eigenvalue weighted by Crippen LogP contribution is 2.27. The molecule has 2 nitrogen and oxygen atoms in total. The van der Waals surface area contributed by atoms with Crippen molar-refractivity contribution in [1.82, 2.24) is 5.32 Å². The summed E-state index contributed by atoms with van der Waals surface area (Å²) in [4.78, 5) is 2.44. The Morgan fingerprint density at radius 1 is 1.25 bits per heavy atom. The minimum Gasteiger partial charge on any atom is -0.487 e. The highest BCUT2D eigenvalue weighted by molar-refractivity contribution is 9.10. The molecule has 0 saturated heterocycles. The van der Waals surface area contributed by atoms with E-state index in [9.17, 15) is 4.39 Å². The number of halogens is 2. The van der Waals surface area contributed by atoms with Crippen molar-refractivity contribution in [2.75, 3.05) is 0 Å². The van der Waals surface area contributed by atoms with E-state index in [1.165, 1.54) is 17.0 Å². The Labute approximate surface area is 131 Å². The lowest BCUT2D eigenvalue weighted by Crippen LogP contribution is -2.21. The maximum atomic E-state index is 13.0. The fourth-order valence-electron chi connectivity index (χ4n) is 1.64. The maximum Gasteiger partial charge on any atom is 0.134 e. The number of benzene rings is 1. The van der Waals surface area contributed by atoms with Gasteiger partial charge < -0.3 is 10.1 Å². The fourth-order valence-corrected chi connectivity index (χ4v) is 2.99. The number of hydrogen-bond donors (Lipinski definition) is 1. The van der Waals surface area contributed by atoms with Crippen LogP contribution in [0.2, 0.25) is 0 Å². The van der Waals surface area contributed by atoms with Gasteiger partial charge in [-0.05, 0) is 46.3 Å². The van der Waals surface area contributed by atoms with Crippen LogP contribution < -0.4 is 10.1 Å². The van der Waals surface area contributed by atoms with Gasteiger partial charge in [0.15, 0.2) is 0 Å². The van der Waals surface area contributed by atoms with Gasteiger partial charge in [-0.1, -0.05) is 13.8 Å². The Kier molecular flexibility index (Phi) is 5.57. The van der Waals surface area contributed by atoms with Gasteiger partial charge in [0.2, 0.25) is 0 Å². The molecule has 1 heterocycles. The zero-order valence-corrected chi connectivity index (χ0v) is 13.9. The van der Waals surface area contributed by atoms with Crippen LogP contribution in [0.4, 0.5) is 4.39 Å². The summed E-state index contributed by atoms with van der Waals surface area (Å²) in [6, 6.07) is 9.09. The molecule has 108 valence electrons. The minimum atomic E-state index is -0.276. The van der Waals surface area contributed by atoms with Crippen LogP contribution in [0.1, 0.15) is 23.6 Å². The van der Waals surface area contributed by atoms with E-state index in [1.54, 1.807) is 17.4 Å². The zero-order chi connectivity index (χ0) is 14.5. The van der Waals surface area contributed by atoms with Crippen molar-refractivity contribution in [2.45, 2.75) is 33.0 Å². The smallest absolute Gasteiger partial charge is 0.134 e. The first-order valence-electron chi connectivity index (χ1n) is 6.43. The van der Waals surface area contributed by atoms with E-state index in [0.29, 0.717) is 22.9 Å². The Hall–Kier alpha value is -0.910. The molecule has 1 N–H and O–H groups in total. The normalized spacial score (nSPS) is 11.1. The highest BCUT2D eigenvalue weighted by Gasteiger charge is 2.05. The summed E-state index contributed by atoms with van der Waals surface area (Å²) in [5, 5.41) is 3.38. The lowest BCUT2D eigenvalue weighted by Gasteiger charge is -2.07. The second-order valence-corrected chi connectivity index (χ2v) is 6.87. The summed E-state index contributed by atoms with van der Waals surface area (Å²) in [7, 11) is 0. The first-order valence-corrected chi connectivity index (χ1v) is 8.04. The number of rotatable bonds is 6. The van der Waals surface area contributed by atoms with E-state index in [1.807, 2.05) is 0 Å². The van der Waals surface area contributed by atoms with E-state index in [0.717, 1.165) is 11.4 Å². The molecule has 20 heavy (non-hydrogen) atoms. The second-order valence-electron chi connectivity index (χ2n) is 4.77. The summed E-state index contributed by atoms with van der Waals surface area (Å²) in [5.41, 5.74) is 0. The molecule has 0 radical (unpaired) electrons. The third-order valence-electron chi connectivity index (χ3n) is 2.67. The summed E-state index contributed by atoms with van der Waals surface area (Å²) >= 11 is 5.02. The topological polar surface area (TPSA) is 21.3 Å². The number of ether oxygens (including phenoxy) is 1. The van der Waals surface area contributed by atoms with Gasteiger partial charge in [-0.3, -0.25) is 0 Å². The van der Waals surface area contributed by atoms with Gasteiger partial charge in [-0.15, -0.1) is 11.3 Å². The van der Waals surface area contributed by atoms with Crippen molar-refractivity contribution in [3.05, 3.63) is 50.4 Å². The molecule has 2 rings (SSSR count). The molecule has 0 aliphatic heterocycles. The molecule has 0 saturated carbocycles. The van der Waals surface area contributed by atoms with E-state index in [4.69, 9.17) is 4.74 Å². The Bertz CT molecular complexity index is 571. The van der Waals surface area contributed by atoms with Crippen molar-refractivity contribution < 1.29 is 9.13 Å². The van der Waals surface area contributed by atoms with Crippen LogP contribution in [0.5, 0.6) is 5.75 Å². The largest absolute Gasteiger partial charge is 0.487 e. The third-order valence-corrected chi connectivity index (χ3v) is 4.34. The van der Waals surface area contributed by atoms with Gasteiger partial charge in [0.1, 0.15) is 18.2 Å². The van der Waals surface area contributed by atoms with Gasteiger partial charge in [0.05, 0.1) is 4.47 Å². The summed E-state index contributed by atoms with van der Waals surface area (Å²) in [5.74, 6) is 0.379. The van der Waals surface area contributed by atoms with Gasteiger partial charge >= 0.3 is 0 Å². The Balaban J connectivity index is 1.90. The molecule has 0 aliphatic carbocycles. The van der Waals surface area contributed by atoms with Crippen molar-refractivity contribution in [3.63, 3.8) is 0 Å². The van der Waals surface area contributed by atoms with Crippen LogP contribution in [-0.2, 0) is 13.2 Å². The van der Waals surface area contributed by atoms with Gasteiger partial charge in [0, 0.05) is 22.3 Å². The van der Waals surface area contributed by atoms with Crippen LogP contribution >= 0.6 is 27.3 Å². The van der Waals surface area contributed by atoms with Gasteiger partial charge in [0.25, 0.3) is 0 Å². The molecule has 0 fully saturated rings. The Morgan fingerprint density at radius 3 is 2.70 bits per heavy atom. The van der Waals surface area contributed by atoms with Crippen molar-refractivity contribution in [3.8, 4) is 5.75 Å². The molecular formula is C15H17BrFNOS. The number of hydrogen-bond acceptors (Lipinski definition) is 3. The molecular weight excluding hydrogens is 341 g/mol. The van der Waals surface area contributed by atoms with Crippen molar-refractivity contribution >= 4 is 27.3 Å². The first kappa shape index (κ1) is 15.5. The predicted molar refractivity (Wildman–Crippen MR) is 84.7 cm³/mol. The lowest BCUT2D eigenvalue weighted by molar-refractivity contribution is 0.307. The molecule has 5 heteroatoms. The molecule has 1 aromatic carbocycles. The van der Waals surface area contributed by atoms with E-state index in [2.05, 4.69) is 47.2 Å². The third kappa shape index (κ3) is 4.58. The van der Waals surface area contributed by atoms with Crippen molar-refractivity contribution in [2.24, 2.45) is 0 Å².